The summed E-state index contributed by atoms with van der Waals surface area (Å²) in [5.41, 5.74) is 1.95. The van der Waals surface area contributed by atoms with Crippen LogP contribution in [0.3, 0.4) is 0 Å². The van der Waals surface area contributed by atoms with Crippen LogP contribution in [0.2, 0.25) is 0 Å². The number of likely N-dealkylation sites (tertiary alicyclic amines) is 1. The molecule has 0 bridgehead atoms. The summed E-state index contributed by atoms with van der Waals surface area (Å²) < 4.78 is 17.9. The molecule has 0 aliphatic carbocycles. The summed E-state index contributed by atoms with van der Waals surface area (Å²) in [4.78, 5) is 18.0. The number of ether oxygens (including phenoxy) is 2. The van der Waals surface area contributed by atoms with Gasteiger partial charge in [0.2, 0.25) is 11.7 Å². The Kier molecular flexibility index (Phi) is 4.67. The third-order valence-corrected chi connectivity index (χ3v) is 5.83. The number of carbonyl (C=O) groups is 1. The van der Waals surface area contributed by atoms with E-state index < -0.39 is 0 Å². The van der Waals surface area contributed by atoms with Gasteiger partial charge in [-0.2, -0.15) is 10.1 Å². The van der Waals surface area contributed by atoms with Gasteiger partial charge >= 0.3 is 6.09 Å². The zero-order valence-corrected chi connectivity index (χ0v) is 16.3. The molecular weight excluding hydrogens is 374 g/mol. The molecular formula is C20H23N5O4. The Balaban J connectivity index is 1.36. The highest BCUT2D eigenvalue weighted by atomic mass is 16.5. The van der Waals surface area contributed by atoms with Crippen LogP contribution in [0.15, 0.2) is 28.9 Å². The normalized spacial score (nSPS) is 20.4. The number of hydrogen-bond donors (Lipinski definition) is 0. The van der Waals surface area contributed by atoms with Gasteiger partial charge in [0.15, 0.2) is 0 Å². The number of carbonyl (C=O) groups excluding carboxylic acids is 1. The van der Waals surface area contributed by atoms with Crippen LogP contribution in [0.4, 0.5) is 4.79 Å². The minimum atomic E-state index is -0.285. The third kappa shape index (κ3) is 3.35. The molecule has 0 radical (unpaired) electrons. The molecule has 2 saturated heterocycles. The number of hydrogen-bond acceptors (Lipinski definition) is 7. The van der Waals surface area contributed by atoms with Gasteiger partial charge in [-0.25, -0.2) is 4.79 Å². The fourth-order valence-corrected chi connectivity index (χ4v) is 4.14. The summed E-state index contributed by atoms with van der Waals surface area (Å²) in [6, 6.07) is 6.36. The maximum Gasteiger partial charge on any atom is 0.409 e. The second-order valence-electron chi connectivity index (χ2n) is 7.57. The largest absolute Gasteiger partial charge is 0.453 e. The van der Waals surface area contributed by atoms with Crippen molar-refractivity contribution in [3.63, 3.8) is 0 Å². The summed E-state index contributed by atoms with van der Waals surface area (Å²) in [5.74, 6) is 1.36. The summed E-state index contributed by atoms with van der Waals surface area (Å²) in [6.45, 7) is 2.72. The Morgan fingerprint density at radius 3 is 2.86 bits per heavy atom. The maximum absolute atomic E-state index is 11.6. The monoisotopic (exact) mass is 397 g/mol. The van der Waals surface area contributed by atoms with Gasteiger partial charge in [0, 0.05) is 36.6 Å². The standard InChI is InChI=1S/C20H23N5O4/c1-27-20(26)24-7-4-13(5-8-24)19-22-18(23-29-19)14-2-3-15-11-21-25(17(15)10-14)16-6-9-28-12-16/h2-3,10-11,13,16H,4-9,12H2,1H3/t16-/m1/s1. The van der Waals surface area contributed by atoms with Crippen molar-refractivity contribution < 1.29 is 18.8 Å². The van der Waals surface area contributed by atoms with E-state index in [0.29, 0.717) is 31.4 Å². The maximum atomic E-state index is 11.6. The first-order valence-corrected chi connectivity index (χ1v) is 9.95. The van der Waals surface area contributed by atoms with Crippen molar-refractivity contribution in [2.75, 3.05) is 33.4 Å². The molecule has 3 aromatic rings. The van der Waals surface area contributed by atoms with E-state index in [-0.39, 0.29) is 18.1 Å². The minimum Gasteiger partial charge on any atom is -0.453 e. The molecule has 0 saturated carbocycles. The van der Waals surface area contributed by atoms with Crippen LogP contribution < -0.4 is 0 Å². The van der Waals surface area contributed by atoms with Gasteiger partial charge in [-0.05, 0) is 25.3 Å². The van der Waals surface area contributed by atoms with Crippen molar-refractivity contribution in [2.24, 2.45) is 0 Å². The van der Waals surface area contributed by atoms with Crippen LogP contribution in [0.25, 0.3) is 22.3 Å². The quantitative estimate of drug-likeness (QED) is 0.670. The first-order valence-electron chi connectivity index (χ1n) is 9.95. The van der Waals surface area contributed by atoms with E-state index in [1.54, 1.807) is 4.90 Å². The van der Waals surface area contributed by atoms with Crippen LogP contribution in [-0.4, -0.2) is 64.3 Å². The highest BCUT2D eigenvalue weighted by Crippen LogP contribution is 2.30. The third-order valence-electron chi connectivity index (χ3n) is 5.83. The van der Waals surface area contributed by atoms with Crippen molar-refractivity contribution in [3.05, 3.63) is 30.3 Å². The first kappa shape index (κ1) is 18.1. The van der Waals surface area contributed by atoms with E-state index in [1.165, 1.54) is 7.11 Å². The molecule has 2 aliphatic rings. The number of nitrogens with zero attached hydrogens (tertiary/aromatic N) is 5. The molecule has 2 fully saturated rings. The van der Waals surface area contributed by atoms with Gasteiger partial charge < -0.3 is 18.9 Å². The van der Waals surface area contributed by atoms with Gasteiger partial charge in [-0.1, -0.05) is 17.3 Å². The molecule has 9 nitrogen and oxygen atoms in total. The summed E-state index contributed by atoms with van der Waals surface area (Å²) >= 11 is 0. The molecule has 9 heteroatoms. The van der Waals surface area contributed by atoms with E-state index in [1.807, 2.05) is 23.0 Å². The molecule has 152 valence electrons. The van der Waals surface area contributed by atoms with Gasteiger partial charge in [0.05, 0.1) is 31.5 Å². The Morgan fingerprint density at radius 2 is 2.10 bits per heavy atom. The van der Waals surface area contributed by atoms with E-state index >= 15 is 0 Å². The molecule has 5 rings (SSSR count). The van der Waals surface area contributed by atoms with Crippen LogP contribution >= 0.6 is 0 Å². The minimum absolute atomic E-state index is 0.155. The Morgan fingerprint density at radius 1 is 1.24 bits per heavy atom. The molecule has 1 atom stereocenters. The lowest BCUT2D eigenvalue weighted by atomic mass is 9.97. The fraction of sp³-hybridized carbons (Fsp3) is 0.500. The van der Waals surface area contributed by atoms with Crippen LogP contribution in [-0.2, 0) is 9.47 Å². The number of rotatable bonds is 3. The van der Waals surface area contributed by atoms with Gasteiger partial charge in [-0.3, -0.25) is 4.68 Å². The second-order valence-corrected chi connectivity index (χ2v) is 7.57. The molecule has 0 spiro atoms. The summed E-state index contributed by atoms with van der Waals surface area (Å²) in [5, 5.41) is 9.84. The average molecular weight is 397 g/mol. The molecule has 1 amide bonds. The van der Waals surface area contributed by atoms with E-state index in [2.05, 4.69) is 21.3 Å². The number of piperidine rings is 1. The molecule has 2 aliphatic heterocycles. The predicted octanol–water partition coefficient (Wildman–Crippen LogP) is 2.99. The fourth-order valence-electron chi connectivity index (χ4n) is 4.14. The number of methoxy groups -OCH3 is 1. The molecule has 2 aromatic heterocycles. The zero-order valence-electron chi connectivity index (χ0n) is 16.3. The lowest BCUT2D eigenvalue weighted by Gasteiger charge is -2.28. The zero-order chi connectivity index (χ0) is 19.8. The van der Waals surface area contributed by atoms with Crippen molar-refractivity contribution in [2.45, 2.75) is 31.2 Å². The molecule has 4 heterocycles. The summed E-state index contributed by atoms with van der Waals surface area (Å²) in [6.07, 6.45) is 4.13. The van der Waals surface area contributed by atoms with Crippen LogP contribution in [0.5, 0.6) is 0 Å². The molecule has 29 heavy (non-hydrogen) atoms. The van der Waals surface area contributed by atoms with Gasteiger partial charge in [0.1, 0.15) is 0 Å². The van der Waals surface area contributed by atoms with E-state index in [0.717, 1.165) is 42.3 Å². The SMILES string of the molecule is COC(=O)N1CCC(c2nc(-c3ccc4cnn([C@@H]5CCOC5)c4c3)no2)CC1. The Labute approximate surface area is 167 Å². The van der Waals surface area contributed by atoms with Crippen molar-refractivity contribution >= 4 is 17.0 Å². The van der Waals surface area contributed by atoms with Crippen LogP contribution in [0.1, 0.15) is 37.1 Å². The van der Waals surface area contributed by atoms with E-state index in [4.69, 9.17) is 14.0 Å². The highest BCUT2D eigenvalue weighted by molar-refractivity contribution is 5.83. The van der Waals surface area contributed by atoms with Crippen LogP contribution in [0, 0.1) is 0 Å². The highest BCUT2D eigenvalue weighted by Gasteiger charge is 2.28. The average Bonchev–Trinajstić information content (AvgIpc) is 3.53. The van der Waals surface area contributed by atoms with Crippen molar-refractivity contribution in [1.82, 2.24) is 24.8 Å². The lowest BCUT2D eigenvalue weighted by Crippen LogP contribution is -2.37. The number of benzene rings is 1. The molecule has 0 unspecified atom stereocenters. The van der Waals surface area contributed by atoms with E-state index in [9.17, 15) is 4.79 Å². The van der Waals surface area contributed by atoms with Gasteiger partial charge in [0.25, 0.3) is 0 Å². The number of amides is 1. The predicted molar refractivity (Wildman–Crippen MR) is 103 cm³/mol. The summed E-state index contributed by atoms with van der Waals surface area (Å²) in [7, 11) is 1.40. The Bertz CT molecular complexity index is 1010. The topological polar surface area (TPSA) is 95.5 Å². The number of aromatic nitrogens is 4. The molecule has 1 aromatic carbocycles. The molecule has 0 N–H and O–H groups in total. The lowest BCUT2D eigenvalue weighted by molar-refractivity contribution is 0.109. The van der Waals surface area contributed by atoms with Crippen molar-refractivity contribution in [3.8, 4) is 11.4 Å². The Hall–Kier alpha value is -2.94. The smallest absolute Gasteiger partial charge is 0.409 e. The number of fused-ring (bicyclic) bond motifs is 1. The first-order chi connectivity index (χ1) is 14.2. The van der Waals surface area contributed by atoms with Gasteiger partial charge in [-0.15, -0.1) is 0 Å². The second kappa shape index (κ2) is 7.47. The van der Waals surface area contributed by atoms with Crippen molar-refractivity contribution in [1.29, 1.82) is 0 Å².